The zero-order valence-electron chi connectivity index (χ0n) is 16.6. The summed E-state index contributed by atoms with van der Waals surface area (Å²) in [6.07, 6.45) is 0. The molecule has 0 bridgehead atoms. The minimum absolute atomic E-state index is 0.00753. The van der Waals surface area contributed by atoms with Gasteiger partial charge in [0.15, 0.2) is 5.39 Å². The molecule has 0 spiro atoms. The van der Waals surface area contributed by atoms with E-state index < -0.39 is 33.8 Å². The summed E-state index contributed by atoms with van der Waals surface area (Å²) in [6.45, 7) is 2.65. The Morgan fingerprint density at radius 1 is 1.16 bits per heavy atom. The van der Waals surface area contributed by atoms with Crippen LogP contribution < -0.4 is 21.6 Å². The van der Waals surface area contributed by atoms with Crippen LogP contribution >= 0.6 is 11.6 Å². The summed E-state index contributed by atoms with van der Waals surface area (Å²) in [5.74, 6) is -2.56. The predicted octanol–water partition coefficient (Wildman–Crippen LogP) is 3.28. The molecule has 3 heterocycles. The molecule has 166 valence electrons. The van der Waals surface area contributed by atoms with E-state index in [1.54, 1.807) is 4.90 Å². The fourth-order valence-electron chi connectivity index (χ4n) is 4.24. The molecule has 0 saturated carbocycles. The Morgan fingerprint density at radius 3 is 2.56 bits per heavy atom. The van der Waals surface area contributed by atoms with Crippen LogP contribution in [0.3, 0.4) is 0 Å². The van der Waals surface area contributed by atoms with Gasteiger partial charge in [-0.15, -0.1) is 0 Å². The molecule has 0 aliphatic carbocycles. The van der Waals surface area contributed by atoms with Crippen LogP contribution in [0.2, 0.25) is 5.02 Å². The molecule has 5 rings (SSSR count). The molecule has 2 aromatic carbocycles. The average Bonchev–Trinajstić information content (AvgIpc) is 3.26. The fourth-order valence-corrected chi connectivity index (χ4v) is 4.63. The standard InChI is InChI=1S/C21H16ClF3N4O3/c1-8-6-28(7-13(8)26)18-12(25)5-10-17(16(18)22)29(14-3-2-9(23)4-11(14)24)21-15(19(10)30)20(31)27-32-21/h2-5,8,13H,6-7,26H2,1H3,(H,27,31). The molecule has 2 unspecified atom stereocenters. The molecule has 2 atom stereocenters. The number of aromatic amines is 1. The number of H-pyrrole nitrogens is 1. The van der Waals surface area contributed by atoms with Crippen molar-refractivity contribution in [3.63, 3.8) is 0 Å². The van der Waals surface area contributed by atoms with Crippen molar-refractivity contribution in [3.05, 3.63) is 67.3 Å². The van der Waals surface area contributed by atoms with Gasteiger partial charge in [-0.3, -0.25) is 14.2 Å². The average molecular weight is 465 g/mol. The first-order valence-corrected chi connectivity index (χ1v) is 10.1. The Kier molecular flexibility index (Phi) is 4.61. The van der Waals surface area contributed by atoms with Crippen molar-refractivity contribution in [1.29, 1.82) is 0 Å². The number of benzene rings is 2. The van der Waals surface area contributed by atoms with Crippen molar-refractivity contribution < 1.29 is 17.7 Å². The summed E-state index contributed by atoms with van der Waals surface area (Å²) in [6, 6.07) is 3.47. The van der Waals surface area contributed by atoms with E-state index in [0.717, 1.165) is 22.8 Å². The molecule has 0 radical (unpaired) electrons. The summed E-state index contributed by atoms with van der Waals surface area (Å²) in [5.41, 5.74) is 3.71. The summed E-state index contributed by atoms with van der Waals surface area (Å²) < 4.78 is 49.8. The predicted molar refractivity (Wildman–Crippen MR) is 114 cm³/mol. The van der Waals surface area contributed by atoms with E-state index in [4.69, 9.17) is 21.9 Å². The first-order chi connectivity index (χ1) is 15.2. The van der Waals surface area contributed by atoms with Crippen LogP contribution in [0.5, 0.6) is 0 Å². The number of nitrogens with two attached hydrogens (primary N) is 1. The number of nitrogens with zero attached hydrogens (tertiary/aromatic N) is 2. The SMILES string of the molecule is CC1CN(c2c(F)cc3c(=O)c4c(=O)[nH]oc4n(-c4ccc(F)cc4F)c3c2Cl)CC1N. The lowest BCUT2D eigenvalue weighted by atomic mass is 10.1. The largest absolute Gasteiger partial charge is 0.366 e. The van der Waals surface area contributed by atoms with E-state index in [-0.39, 0.29) is 45.0 Å². The van der Waals surface area contributed by atoms with Gasteiger partial charge in [-0.25, -0.2) is 13.2 Å². The lowest BCUT2D eigenvalue weighted by Crippen LogP contribution is -2.29. The number of fused-ring (bicyclic) bond motifs is 2. The molecule has 11 heteroatoms. The first-order valence-electron chi connectivity index (χ1n) is 9.73. The third kappa shape index (κ3) is 2.86. The van der Waals surface area contributed by atoms with Crippen molar-refractivity contribution in [1.82, 2.24) is 9.72 Å². The second kappa shape index (κ2) is 7.14. The third-order valence-corrected chi connectivity index (χ3v) is 6.24. The number of anilines is 1. The number of rotatable bonds is 2. The number of halogens is 4. The van der Waals surface area contributed by atoms with Crippen molar-refractivity contribution in [2.24, 2.45) is 11.7 Å². The highest BCUT2D eigenvalue weighted by atomic mass is 35.5. The van der Waals surface area contributed by atoms with E-state index in [2.05, 4.69) is 0 Å². The monoisotopic (exact) mass is 464 g/mol. The highest BCUT2D eigenvalue weighted by Gasteiger charge is 2.32. The van der Waals surface area contributed by atoms with E-state index >= 15 is 4.39 Å². The lowest BCUT2D eigenvalue weighted by Gasteiger charge is -2.23. The number of nitrogens with one attached hydrogen (secondary N) is 1. The van der Waals surface area contributed by atoms with E-state index in [9.17, 15) is 18.4 Å². The number of hydrogen-bond donors (Lipinski definition) is 2. The summed E-state index contributed by atoms with van der Waals surface area (Å²) in [7, 11) is 0. The summed E-state index contributed by atoms with van der Waals surface area (Å²) in [4.78, 5) is 26.9. The highest BCUT2D eigenvalue weighted by molar-refractivity contribution is 6.38. The Morgan fingerprint density at radius 2 is 1.91 bits per heavy atom. The maximum absolute atomic E-state index is 15.2. The Balaban J connectivity index is 1.96. The molecule has 1 saturated heterocycles. The second-order valence-electron chi connectivity index (χ2n) is 7.94. The van der Waals surface area contributed by atoms with Crippen molar-refractivity contribution in [2.75, 3.05) is 18.0 Å². The second-order valence-corrected chi connectivity index (χ2v) is 8.31. The maximum Gasteiger partial charge on any atom is 0.293 e. The zero-order valence-corrected chi connectivity index (χ0v) is 17.3. The molecular weight excluding hydrogens is 449 g/mol. The van der Waals surface area contributed by atoms with Crippen LogP contribution in [0.25, 0.3) is 27.7 Å². The van der Waals surface area contributed by atoms with Crippen LogP contribution in [-0.4, -0.2) is 28.9 Å². The highest BCUT2D eigenvalue weighted by Crippen LogP contribution is 2.39. The molecule has 3 N–H and O–H groups in total. The van der Waals surface area contributed by atoms with Crippen molar-refractivity contribution in [3.8, 4) is 5.69 Å². The van der Waals surface area contributed by atoms with E-state index in [0.29, 0.717) is 19.2 Å². The lowest BCUT2D eigenvalue weighted by molar-refractivity contribution is 0.436. The third-order valence-electron chi connectivity index (χ3n) is 5.89. The molecule has 1 fully saturated rings. The molecule has 2 aromatic heterocycles. The zero-order chi connectivity index (χ0) is 22.9. The van der Waals surface area contributed by atoms with Crippen molar-refractivity contribution in [2.45, 2.75) is 13.0 Å². The van der Waals surface area contributed by atoms with Crippen molar-refractivity contribution >= 4 is 39.3 Å². The van der Waals surface area contributed by atoms with Crippen LogP contribution in [-0.2, 0) is 0 Å². The van der Waals surface area contributed by atoms with Gasteiger partial charge in [-0.05, 0) is 24.1 Å². The van der Waals surface area contributed by atoms with Gasteiger partial charge in [-0.1, -0.05) is 18.5 Å². The van der Waals surface area contributed by atoms with Crippen LogP contribution in [0.15, 0.2) is 38.4 Å². The molecule has 1 aliphatic rings. The molecule has 7 nitrogen and oxygen atoms in total. The summed E-state index contributed by atoms with van der Waals surface area (Å²) >= 11 is 6.63. The minimum atomic E-state index is -1.00. The van der Waals surface area contributed by atoms with Gasteiger partial charge in [-0.2, -0.15) is 5.16 Å². The molecule has 32 heavy (non-hydrogen) atoms. The Hall–Kier alpha value is -3.24. The van der Waals surface area contributed by atoms with Crippen LogP contribution in [0.4, 0.5) is 18.9 Å². The molecule has 4 aromatic rings. The van der Waals surface area contributed by atoms with Gasteiger partial charge in [0.05, 0.1) is 27.3 Å². The minimum Gasteiger partial charge on any atom is -0.366 e. The van der Waals surface area contributed by atoms with Gasteiger partial charge in [0, 0.05) is 25.2 Å². The number of aromatic nitrogens is 2. The van der Waals surface area contributed by atoms with Gasteiger partial charge in [0.2, 0.25) is 11.1 Å². The van der Waals surface area contributed by atoms with Crippen LogP contribution in [0.1, 0.15) is 6.92 Å². The topological polar surface area (TPSA) is 97.3 Å². The summed E-state index contributed by atoms with van der Waals surface area (Å²) in [5, 5.41) is 1.15. The van der Waals surface area contributed by atoms with Gasteiger partial charge >= 0.3 is 0 Å². The van der Waals surface area contributed by atoms with Gasteiger partial charge < -0.3 is 15.2 Å². The van der Waals surface area contributed by atoms with Gasteiger partial charge in [0.25, 0.3) is 5.56 Å². The Bertz CT molecular complexity index is 1520. The normalized spacial score (nSPS) is 18.9. The quantitative estimate of drug-likeness (QED) is 0.474. The fraction of sp³-hybridized carbons (Fsp3) is 0.238. The molecular formula is C21H16ClF3N4O3. The first kappa shape index (κ1) is 20.7. The maximum atomic E-state index is 15.2. The van der Waals surface area contributed by atoms with Crippen LogP contribution in [0, 0.1) is 23.4 Å². The Labute approximate surface area is 182 Å². The van der Waals surface area contributed by atoms with Gasteiger partial charge in [0.1, 0.15) is 17.5 Å². The number of hydrogen-bond acceptors (Lipinski definition) is 5. The molecule has 1 aliphatic heterocycles. The number of pyridine rings is 1. The van der Waals surface area contributed by atoms with E-state index in [1.807, 2.05) is 12.1 Å². The smallest absolute Gasteiger partial charge is 0.293 e. The van der Waals surface area contributed by atoms with E-state index in [1.165, 1.54) is 0 Å². The molecule has 0 amide bonds.